The van der Waals surface area contributed by atoms with Crippen molar-refractivity contribution in [3.8, 4) is 11.5 Å². The van der Waals surface area contributed by atoms with Crippen LogP contribution in [-0.2, 0) is 4.74 Å². The molecule has 0 saturated heterocycles. The molecule has 0 aliphatic heterocycles. The molecule has 0 saturated carbocycles. The number of rotatable bonds is 4. The Morgan fingerprint density at radius 3 is 2.41 bits per heavy atom. The number of nitrogen functional groups attached to an aromatic ring is 1. The molecule has 116 valence electrons. The van der Waals surface area contributed by atoms with Gasteiger partial charge in [0.25, 0.3) is 0 Å². The number of carbonyl (C=O) groups is 1. The maximum atomic E-state index is 12.1. The third kappa shape index (κ3) is 3.39. The Morgan fingerprint density at radius 2 is 1.73 bits per heavy atom. The van der Waals surface area contributed by atoms with Crippen molar-refractivity contribution in [1.29, 1.82) is 0 Å². The second kappa shape index (κ2) is 6.52. The number of anilines is 1. The van der Waals surface area contributed by atoms with E-state index < -0.39 is 5.97 Å². The highest BCUT2D eigenvalue weighted by molar-refractivity contribution is 5.92. The number of carbonyl (C=O) groups excluding carboxylic acids is 1. The van der Waals surface area contributed by atoms with Gasteiger partial charge < -0.3 is 15.2 Å². The van der Waals surface area contributed by atoms with E-state index in [2.05, 4.69) is 0 Å². The molecule has 0 bridgehead atoms. The molecular weight excluding hydrogens is 278 g/mol. The van der Waals surface area contributed by atoms with Gasteiger partial charge in [0.2, 0.25) is 0 Å². The number of ether oxygens (including phenoxy) is 2. The molecular formula is C18H21NO3. The lowest BCUT2D eigenvalue weighted by Crippen LogP contribution is -2.12. The van der Waals surface area contributed by atoms with Gasteiger partial charge in [-0.1, -0.05) is 18.2 Å². The zero-order valence-electron chi connectivity index (χ0n) is 13.3. The summed E-state index contributed by atoms with van der Waals surface area (Å²) in [5.41, 5.74) is 9.12. The van der Waals surface area contributed by atoms with Crippen LogP contribution in [0.4, 0.5) is 5.69 Å². The zero-order chi connectivity index (χ0) is 16.3. The van der Waals surface area contributed by atoms with Gasteiger partial charge in [-0.05, 0) is 57.0 Å². The maximum Gasteiger partial charge on any atom is 0.342 e. The van der Waals surface area contributed by atoms with Gasteiger partial charge in [-0.25, -0.2) is 4.79 Å². The third-order valence-corrected chi connectivity index (χ3v) is 3.42. The Morgan fingerprint density at radius 1 is 1.05 bits per heavy atom. The van der Waals surface area contributed by atoms with E-state index in [0.29, 0.717) is 22.7 Å². The highest BCUT2D eigenvalue weighted by Gasteiger charge is 2.16. The normalized spacial score (nSPS) is 10.6. The van der Waals surface area contributed by atoms with Crippen molar-refractivity contribution in [1.82, 2.24) is 0 Å². The summed E-state index contributed by atoms with van der Waals surface area (Å²) in [6.07, 6.45) is -0.188. The molecule has 0 amide bonds. The van der Waals surface area contributed by atoms with E-state index in [1.165, 1.54) is 0 Å². The molecule has 0 atom stereocenters. The Hall–Kier alpha value is -2.49. The fourth-order valence-corrected chi connectivity index (χ4v) is 2.02. The Balaban J connectivity index is 2.35. The fourth-order valence-electron chi connectivity index (χ4n) is 2.02. The summed E-state index contributed by atoms with van der Waals surface area (Å²) in [5, 5.41) is 0. The van der Waals surface area contributed by atoms with Crippen LogP contribution in [0.15, 0.2) is 36.4 Å². The molecule has 2 rings (SSSR count). The van der Waals surface area contributed by atoms with E-state index in [0.717, 1.165) is 11.1 Å². The van der Waals surface area contributed by atoms with Crippen LogP contribution in [0, 0.1) is 13.8 Å². The summed E-state index contributed by atoms with van der Waals surface area (Å²) in [5.74, 6) is 0.559. The molecule has 2 aromatic carbocycles. The Bertz CT molecular complexity index is 693. The van der Waals surface area contributed by atoms with Crippen molar-refractivity contribution in [3.05, 3.63) is 53.1 Å². The molecule has 4 heteroatoms. The monoisotopic (exact) mass is 299 g/mol. The number of hydrogen-bond acceptors (Lipinski definition) is 4. The van der Waals surface area contributed by atoms with Gasteiger partial charge >= 0.3 is 5.97 Å². The molecule has 0 heterocycles. The summed E-state index contributed by atoms with van der Waals surface area (Å²) < 4.78 is 11.1. The molecule has 4 nitrogen and oxygen atoms in total. The minimum atomic E-state index is -0.409. The van der Waals surface area contributed by atoms with Gasteiger partial charge in [0, 0.05) is 0 Å². The molecule has 0 aromatic heterocycles. The van der Waals surface area contributed by atoms with Crippen LogP contribution in [0.25, 0.3) is 0 Å². The second-order valence-electron chi connectivity index (χ2n) is 5.47. The SMILES string of the molecule is Cc1ccc(Oc2ccccc2C(=O)OC(C)C)c(N)c1C. The van der Waals surface area contributed by atoms with Gasteiger partial charge in [-0.15, -0.1) is 0 Å². The lowest BCUT2D eigenvalue weighted by atomic mass is 10.1. The van der Waals surface area contributed by atoms with Crippen molar-refractivity contribution in [2.75, 3.05) is 5.73 Å². The lowest BCUT2D eigenvalue weighted by Gasteiger charge is -2.15. The summed E-state index contributed by atoms with van der Waals surface area (Å²) in [6, 6.07) is 10.7. The number of para-hydroxylation sites is 1. The van der Waals surface area contributed by atoms with E-state index >= 15 is 0 Å². The molecule has 0 radical (unpaired) electrons. The predicted octanol–water partition coefficient (Wildman–Crippen LogP) is 4.24. The van der Waals surface area contributed by atoms with Crippen LogP contribution < -0.4 is 10.5 Å². The Kier molecular flexibility index (Phi) is 4.71. The summed E-state index contributed by atoms with van der Waals surface area (Å²) in [6.45, 7) is 7.55. The standard InChI is InChI=1S/C18H21NO3/c1-11(2)21-18(20)14-7-5-6-8-15(14)22-16-10-9-12(3)13(4)17(16)19/h5-11H,19H2,1-4H3. The number of aryl methyl sites for hydroxylation is 1. The second-order valence-corrected chi connectivity index (χ2v) is 5.47. The first-order chi connectivity index (χ1) is 10.4. The number of esters is 1. The van der Waals surface area contributed by atoms with E-state index in [1.807, 2.05) is 39.8 Å². The first kappa shape index (κ1) is 15.9. The molecule has 0 aliphatic rings. The van der Waals surface area contributed by atoms with Crippen molar-refractivity contribution < 1.29 is 14.3 Å². The molecule has 0 unspecified atom stereocenters. The zero-order valence-corrected chi connectivity index (χ0v) is 13.3. The van der Waals surface area contributed by atoms with Gasteiger partial charge in [0.15, 0.2) is 5.75 Å². The maximum absolute atomic E-state index is 12.1. The van der Waals surface area contributed by atoms with Gasteiger partial charge in [-0.3, -0.25) is 0 Å². The molecule has 0 spiro atoms. The summed E-state index contributed by atoms with van der Waals surface area (Å²) in [7, 11) is 0. The quantitative estimate of drug-likeness (QED) is 0.677. The largest absolute Gasteiger partial charge is 0.459 e. The van der Waals surface area contributed by atoms with Gasteiger partial charge in [0.1, 0.15) is 11.3 Å². The minimum absolute atomic E-state index is 0.188. The smallest absolute Gasteiger partial charge is 0.342 e. The summed E-state index contributed by atoms with van der Waals surface area (Å²) in [4.78, 5) is 12.1. The highest BCUT2D eigenvalue weighted by Crippen LogP contribution is 2.33. The van der Waals surface area contributed by atoms with Crippen LogP contribution in [0.2, 0.25) is 0 Å². The van der Waals surface area contributed by atoms with E-state index in [4.69, 9.17) is 15.2 Å². The minimum Gasteiger partial charge on any atom is -0.459 e. The number of hydrogen-bond donors (Lipinski definition) is 1. The van der Waals surface area contributed by atoms with Gasteiger partial charge in [-0.2, -0.15) is 0 Å². The van der Waals surface area contributed by atoms with Gasteiger partial charge in [0.05, 0.1) is 11.8 Å². The average Bonchev–Trinajstić information content (AvgIpc) is 2.47. The Labute approximate surface area is 130 Å². The van der Waals surface area contributed by atoms with Crippen LogP contribution in [0.5, 0.6) is 11.5 Å². The number of benzene rings is 2. The first-order valence-corrected chi connectivity index (χ1v) is 7.23. The van der Waals surface area contributed by atoms with E-state index in [-0.39, 0.29) is 6.10 Å². The first-order valence-electron chi connectivity index (χ1n) is 7.23. The third-order valence-electron chi connectivity index (χ3n) is 3.42. The molecule has 2 N–H and O–H groups in total. The van der Waals surface area contributed by atoms with E-state index in [9.17, 15) is 4.79 Å². The highest BCUT2D eigenvalue weighted by atomic mass is 16.5. The van der Waals surface area contributed by atoms with Crippen LogP contribution >= 0.6 is 0 Å². The van der Waals surface area contributed by atoms with Crippen LogP contribution in [-0.4, -0.2) is 12.1 Å². The summed E-state index contributed by atoms with van der Waals surface area (Å²) >= 11 is 0. The average molecular weight is 299 g/mol. The fraction of sp³-hybridized carbons (Fsp3) is 0.278. The van der Waals surface area contributed by atoms with E-state index in [1.54, 1.807) is 24.3 Å². The van der Waals surface area contributed by atoms with Crippen molar-refractivity contribution in [3.63, 3.8) is 0 Å². The van der Waals surface area contributed by atoms with Crippen LogP contribution in [0.1, 0.15) is 35.3 Å². The predicted molar refractivity (Wildman–Crippen MR) is 87.4 cm³/mol. The van der Waals surface area contributed by atoms with Crippen molar-refractivity contribution >= 4 is 11.7 Å². The lowest BCUT2D eigenvalue weighted by molar-refractivity contribution is 0.0375. The van der Waals surface area contributed by atoms with Crippen LogP contribution in [0.3, 0.4) is 0 Å². The topological polar surface area (TPSA) is 61.5 Å². The molecule has 2 aromatic rings. The van der Waals surface area contributed by atoms with Crippen molar-refractivity contribution in [2.45, 2.75) is 33.8 Å². The molecule has 0 fully saturated rings. The van der Waals surface area contributed by atoms with Crippen molar-refractivity contribution in [2.24, 2.45) is 0 Å². The number of nitrogens with two attached hydrogens (primary N) is 1. The molecule has 22 heavy (non-hydrogen) atoms. The molecule has 0 aliphatic carbocycles.